The molecule has 0 aliphatic heterocycles. The van der Waals surface area contributed by atoms with Crippen LogP contribution in [0.15, 0.2) is 0 Å². The minimum absolute atomic E-state index is 0.379. The van der Waals surface area contributed by atoms with Crippen molar-refractivity contribution < 1.29 is 13.8 Å². The minimum atomic E-state index is -2.93. The maximum absolute atomic E-state index is 11.3. The van der Waals surface area contributed by atoms with Crippen LogP contribution in [-0.2, 0) is 13.8 Å². The predicted molar refractivity (Wildman–Crippen MR) is 58.7 cm³/mol. The lowest BCUT2D eigenvalue weighted by molar-refractivity contribution is 0.151. The lowest BCUT2D eigenvalue weighted by atomic mass is 10.5. The van der Waals surface area contributed by atoms with Crippen molar-refractivity contribution in [3.8, 4) is 0 Å². The van der Waals surface area contributed by atoms with Gasteiger partial charge in [0.2, 0.25) is 0 Å². The van der Waals surface area contributed by atoms with Crippen molar-refractivity contribution in [1.29, 1.82) is 0 Å². The van der Waals surface area contributed by atoms with Gasteiger partial charge in [-0.05, 0) is 24.6 Å². The van der Waals surface area contributed by atoms with E-state index in [1.165, 1.54) is 0 Å². The molecule has 0 aliphatic rings. The lowest BCUT2D eigenvalue weighted by Gasteiger charge is -2.08. The first kappa shape index (κ1) is 13.8. The van der Waals surface area contributed by atoms with Crippen molar-refractivity contribution >= 4 is 28.5 Å². The molecule has 1 unspecified atom stereocenters. The number of hydrogen-bond donors (Lipinski definition) is 0. The Morgan fingerprint density at radius 3 is 2.62 bits per heavy atom. The minimum Gasteiger partial charge on any atom is -0.381 e. The largest absolute Gasteiger partial charge is 0.381 e. The predicted octanol–water partition coefficient (Wildman–Crippen LogP) is 3.53. The molecule has 0 N–H and O–H groups in total. The fourth-order valence-electron chi connectivity index (χ4n) is 0.643. The third-order valence-corrected chi connectivity index (χ3v) is 5.29. The van der Waals surface area contributed by atoms with Crippen LogP contribution in [0.2, 0.25) is 0 Å². The van der Waals surface area contributed by atoms with Gasteiger partial charge in [-0.1, -0.05) is 18.3 Å². The molecular weight excluding hydrogens is 231 g/mol. The Kier molecular flexibility index (Phi) is 8.62. The van der Waals surface area contributed by atoms with E-state index in [4.69, 9.17) is 20.5 Å². The summed E-state index contributed by atoms with van der Waals surface area (Å²) in [4.78, 5) is 0. The van der Waals surface area contributed by atoms with E-state index in [2.05, 4.69) is 0 Å². The molecule has 0 heterocycles. The first-order chi connectivity index (χ1) is 6.12. The molecule has 0 aromatic heterocycles. The smallest absolute Gasteiger partial charge is 0.346 e. The second-order valence-corrected chi connectivity index (χ2v) is 8.23. The first-order valence-corrected chi connectivity index (χ1v) is 8.41. The van der Waals surface area contributed by atoms with E-state index < -0.39 is 5.92 Å². The molecule has 0 amide bonds. The third-order valence-electron chi connectivity index (χ3n) is 1.10. The number of hydrogen-bond acceptors (Lipinski definition) is 4. The van der Waals surface area contributed by atoms with E-state index in [9.17, 15) is 4.57 Å². The van der Waals surface area contributed by atoms with Gasteiger partial charge in [0.05, 0.1) is 13.2 Å². The van der Waals surface area contributed by atoms with E-state index in [0.29, 0.717) is 19.0 Å². The van der Waals surface area contributed by atoms with Gasteiger partial charge in [-0.3, -0.25) is 4.57 Å². The normalized spacial score (nSPS) is 15.6. The Labute approximate surface area is 88.5 Å². The number of halogens is 1. The fourth-order valence-corrected chi connectivity index (χ4v) is 3.77. The van der Waals surface area contributed by atoms with Gasteiger partial charge in [0.1, 0.15) is 0 Å². The molecule has 0 spiro atoms. The van der Waals surface area contributed by atoms with E-state index in [-0.39, 0.29) is 0 Å². The molecular formula is C7H16ClO3PS. The van der Waals surface area contributed by atoms with Crippen LogP contribution in [0.5, 0.6) is 0 Å². The molecule has 0 rings (SSSR count). The Balaban J connectivity index is 3.35. The highest BCUT2D eigenvalue weighted by atomic mass is 35.7. The van der Waals surface area contributed by atoms with Crippen molar-refractivity contribution in [1.82, 2.24) is 0 Å². The monoisotopic (exact) mass is 246 g/mol. The van der Waals surface area contributed by atoms with Crippen LogP contribution in [0, 0.1) is 0 Å². The molecule has 0 aromatic rings. The standard InChI is InChI=1S/C7H16ClO3PS/c1-3-5-10-6-7-13-12(8,9)11-4-2/h3-7H2,1-2H3. The Bertz CT molecular complexity index is 168. The SMILES string of the molecule is CCCOCCSP(=O)(Cl)OCC. The Morgan fingerprint density at radius 2 is 2.08 bits per heavy atom. The molecule has 0 aromatic carbocycles. The molecule has 6 heteroatoms. The van der Waals surface area contributed by atoms with Crippen LogP contribution >= 0.6 is 28.5 Å². The van der Waals surface area contributed by atoms with Gasteiger partial charge in [0.15, 0.2) is 0 Å². The van der Waals surface area contributed by atoms with Crippen LogP contribution in [0.3, 0.4) is 0 Å². The summed E-state index contributed by atoms with van der Waals surface area (Å²) in [6, 6.07) is 0. The highest BCUT2D eigenvalue weighted by molar-refractivity contribution is 8.63. The zero-order valence-electron chi connectivity index (χ0n) is 7.99. The van der Waals surface area contributed by atoms with Crippen LogP contribution in [-0.4, -0.2) is 25.6 Å². The molecule has 3 nitrogen and oxygen atoms in total. The molecule has 0 saturated carbocycles. The highest BCUT2D eigenvalue weighted by Gasteiger charge is 2.18. The van der Waals surface area contributed by atoms with E-state index in [0.717, 1.165) is 24.4 Å². The van der Waals surface area contributed by atoms with Crippen molar-refractivity contribution in [2.24, 2.45) is 0 Å². The third kappa shape index (κ3) is 9.10. The molecule has 80 valence electrons. The maximum Gasteiger partial charge on any atom is 0.346 e. The molecule has 0 aliphatic carbocycles. The second kappa shape index (κ2) is 8.13. The van der Waals surface area contributed by atoms with Crippen LogP contribution in [0.4, 0.5) is 0 Å². The Hall–Kier alpha value is 0.790. The molecule has 0 saturated heterocycles. The van der Waals surface area contributed by atoms with Gasteiger partial charge in [-0.25, -0.2) is 0 Å². The molecule has 1 atom stereocenters. The summed E-state index contributed by atoms with van der Waals surface area (Å²) in [5.41, 5.74) is 0. The molecule has 0 radical (unpaired) electrons. The quantitative estimate of drug-likeness (QED) is 0.485. The van der Waals surface area contributed by atoms with Gasteiger partial charge in [0, 0.05) is 12.4 Å². The molecule has 0 bridgehead atoms. The number of rotatable bonds is 8. The van der Waals surface area contributed by atoms with Gasteiger partial charge in [0.25, 0.3) is 0 Å². The van der Waals surface area contributed by atoms with E-state index >= 15 is 0 Å². The Morgan fingerprint density at radius 1 is 1.38 bits per heavy atom. The number of ether oxygens (including phenoxy) is 1. The molecule has 0 fully saturated rings. The highest BCUT2D eigenvalue weighted by Crippen LogP contribution is 2.63. The first-order valence-electron chi connectivity index (χ1n) is 4.29. The zero-order valence-corrected chi connectivity index (χ0v) is 10.5. The average Bonchev–Trinajstić information content (AvgIpc) is 2.04. The van der Waals surface area contributed by atoms with Crippen LogP contribution < -0.4 is 0 Å². The second-order valence-electron chi connectivity index (χ2n) is 2.29. The van der Waals surface area contributed by atoms with Crippen LogP contribution in [0.1, 0.15) is 20.3 Å². The van der Waals surface area contributed by atoms with Crippen molar-refractivity contribution in [3.63, 3.8) is 0 Å². The summed E-state index contributed by atoms with van der Waals surface area (Å²) in [6.45, 7) is 5.50. The topological polar surface area (TPSA) is 35.5 Å². The zero-order chi connectivity index (χ0) is 10.2. The summed E-state index contributed by atoms with van der Waals surface area (Å²) >= 11 is 6.72. The fraction of sp³-hybridized carbons (Fsp3) is 1.00. The summed E-state index contributed by atoms with van der Waals surface area (Å²) in [5, 5.41) is 0. The summed E-state index contributed by atoms with van der Waals surface area (Å²) in [5.74, 6) is -2.32. The molecule has 13 heavy (non-hydrogen) atoms. The van der Waals surface area contributed by atoms with Gasteiger partial charge < -0.3 is 9.26 Å². The van der Waals surface area contributed by atoms with E-state index in [1.54, 1.807) is 6.92 Å². The van der Waals surface area contributed by atoms with E-state index in [1.807, 2.05) is 6.92 Å². The lowest BCUT2D eigenvalue weighted by Crippen LogP contribution is -1.97. The van der Waals surface area contributed by atoms with Crippen molar-refractivity contribution in [2.75, 3.05) is 25.6 Å². The maximum atomic E-state index is 11.3. The summed E-state index contributed by atoms with van der Waals surface area (Å²) in [7, 11) is 0. The van der Waals surface area contributed by atoms with Crippen molar-refractivity contribution in [2.45, 2.75) is 20.3 Å². The van der Waals surface area contributed by atoms with Crippen LogP contribution in [0.25, 0.3) is 0 Å². The average molecular weight is 247 g/mol. The summed E-state index contributed by atoms with van der Waals surface area (Å²) in [6.07, 6.45) is 0.995. The van der Waals surface area contributed by atoms with Crippen molar-refractivity contribution in [3.05, 3.63) is 0 Å². The van der Waals surface area contributed by atoms with Gasteiger partial charge in [-0.15, -0.1) is 0 Å². The van der Waals surface area contributed by atoms with Gasteiger partial charge >= 0.3 is 5.92 Å². The summed E-state index contributed by atoms with van der Waals surface area (Å²) < 4.78 is 21.4. The van der Waals surface area contributed by atoms with Gasteiger partial charge in [-0.2, -0.15) is 0 Å².